The molecule has 20 heavy (non-hydrogen) atoms. The van der Waals surface area contributed by atoms with Gasteiger partial charge in [-0.3, -0.25) is 5.32 Å². The molecule has 1 aromatic heterocycles. The van der Waals surface area contributed by atoms with Crippen molar-refractivity contribution < 1.29 is 0 Å². The van der Waals surface area contributed by atoms with Crippen LogP contribution in [0.5, 0.6) is 0 Å². The van der Waals surface area contributed by atoms with E-state index in [1.807, 2.05) is 36.3 Å². The van der Waals surface area contributed by atoms with Gasteiger partial charge < -0.3 is 4.90 Å². The highest BCUT2D eigenvalue weighted by Crippen LogP contribution is 2.21. The highest BCUT2D eigenvalue weighted by Gasteiger charge is 2.08. The first-order valence-electron chi connectivity index (χ1n) is 6.05. The minimum Gasteiger partial charge on any atom is -0.355 e. The Kier molecular flexibility index (Phi) is 4.53. The van der Waals surface area contributed by atoms with Gasteiger partial charge in [0.05, 0.1) is 0 Å². The lowest BCUT2D eigenvalue weighted by Crippen LogP contribution is -2.19. The number of nitriles is 1. The van der Waals surface area contributed by atoms with Crippen LogP contribution in [0.25, 0.3) is 0 Å². The van der Waals surface area contributed by atoms with Crippen molar-refractivity contribution >= 4 is 27.6 Å². The molecule has 0 spiro atoms. The van der Waals surface area contributed by atoms with E-state index in [1.165, 1.54) is 5.56 Å². The Morgan fingerprint density at radius 1 is 1.35 bits per heavy atom. The first-order chi connectivity index (χ1) is 9.60. The van der Waals surface area contributed by atoms with Crippen LogP contribution in [0, 0.1) is 18.4 Å². The molecule has 0 fully saturated rings. The summed E-state index contributed by atoms with van der Waals surface area (Å²) in [5.74, 6) is 1.90. The zero-order chi connectivity index (χ0) is 14.5. The van der Waals surface area contributed by atoms with Crippen LogP contribution < -0.4 is 10.2 Å². The van der Waals surface area contributed by atoms with Crippen molar-refractivity contribution in [3.8, 4) is 6.19 Å². The zero-order valence-corrected chi connectivity index (χ0v) is 12.8. The largest absolute Gasteiger partial charge is 0.355 e. The fourth-order valence-corrected chi connectivity index (χ4v) is 2.24. The Bertz CT molecular complexity index is 650. The minimum atomic E-state index is 0.508. The average Bonchev–Trinajstić information content (AvgIpc) is 2.41. The number of aromatic nitrogens is 2. The number of hydrogen-bond donors (Lipinski definition) is 1. The highest BCUT2D eigenvalue weighted by molar-refractivity contribution is 9.10. The van der Waals surface area contributed by atoms with Crippen LogP contribution in [-0.4, -0.2) is 17.0 Å². The van der Waals surface area contributed by atoms with E-state index in [1.54, 1.807) is 13.0 Å². The van der Waals surface area contributed by atoms with Crippen LogP contribution in [0.1, 0.15) is 11.4 Å². The number of hydrogen-bond acceptors (Lipinski definition) is 5. The first kappa shape index (κ1) is 14.3. The molecule has 0 saturated heterocycles. The Morgan fingerprint density at radius 3 is 2.80 bits per heavy atom. The summed E-state index contributed by atoms with van der Waals surface area (Å²) in [5.41, 5.74) is 1.17. The third-order valence-electron chi connectivity index (χ3n) is 2.76. The van der Waals surface area contributed by atoms with Crippen molar-refractivity contribution in [3.05, 3.63) is 46.2 Å². The number of halogens is 1. The molecule has 0 bridgehead atoms. The second-order valence-electron chi connectivity index (χ2n) is 4.34. The van der Waals surface area contributed by atoms with Crippen LogP contribution in [0.2, 0.25) is 0 Å². The number of benzene rings is 1. The van der Waals surface area contributed by atoms with Gasteiger partial charge in [-0.2, -0.15) is 5.26 Å². The van der Waals surface area contributed by atoms with Crippen molar-refractivity contribution in [2.24, 2.45) is 0 Å². The molecule has 102 valence electrons. The molecular weight excluding hydrogens is 318 g/mol. The molecule has 1 aromatic carbocycles. The first-order valence-corrected chi connectivity index (χ1v) is 6.85. The highest BCUT2D eigenvalue weighted by atomic mass is 79.9. The summed E-state index contributed by atoms with van der Waals surface area (Å²) in [6.07, 6.45) is 1.87. The smallest absolute Gasteiger partial charge is 0.182 e. The summed E-state index contributed by atoms with van der Waals surface area (Å²) in [4.78, 5) is 10.6. The number of rotatable bonds is 4. The SMILES string of the molecule is Cc1nc(NC#N)cc(N(C)Cc2ccccc2Br)n1. The average molecular weight is 332 g/mol. The Hall–Kier alpha value is -2.13. The maximum absolute atomic E-state index is 8.67. The zero-order valence-electron chi connectivity index (χ0n) is 11.3. The van der Waals surface area contributed by atoms with E-state index in [0.29, 0.717) is 18.2 Å². The topological polar surface area (TPSA) is 64.8 Å². The van der Waals surface area contributed by atoms with E-state index in [2.05, 4.69) is 37.3 Å². The van der Waals surface area contributed by atoms with E-state index in [-0.39, 0.29) is 0 Å². The summed E-state index contributed by atoms with van der Waals surface area (Å²) in [7, 11) is 1.96. The Labute approximate surface area is 126 Å². The lowest BCUT2D eigenvalue weighted by atomic mass is 10.2. The second kappa shape index (κ2) is 6.35. The maximum Gasteiger partial charge on any atom is 0.182 e. The fraction of sp³-hybridized carbons (Fsp3) is 0.214. The van der Waals surface area contributed by atoms with Gasteiger partial charge in [-0.05, 0) is 18.6 Å². The van der Waals surface area contributed by atoms with Gasteiger partial charge in [0, 0.05) is 24.1 Å². The van der Waals surface area contributed by atoms with Gasteiger partial charge in [0.1, 0.15) is 17.5 Å². The van der Waals surface area contributed by atoms with Gasteiger partial charge in [-0.15, -0.1) is 0 Å². The molecule has 0 aliphatic heterocycles. The molecule has 0 atom stereocenters. The third kappa shape index (κ3) is 3.45. The fourth-order valence-electron chi connectivity index (χ4n) is 1.83. The lowest BCUT2D eigenvalue weighted by molar-refractivity contribution is 0.877. The molecule has 6 heteroatoms. The van der Waals surface area contributed by atoms with Gasteiger partial charge in [-0.1, -0.05) is 34.1 Å². The minimum absolute atomic E-state index is 0.508. The van der Waals surface area contributed by atoms with Gasteiger partial charge in [0.2, 0.25) is 0 Å². The molecule has 1 heterocycles. The van der Waals surface area contributed by atoms with Gasteiger partial charge >= 0.3 is 0 Å². The third-order valence-corrected chi connectivity index (χ3v) is 3.54. The molecule has 2 aromatic rings. The van der Waals surface area contributed by atoms with E-state index >= 15 is 0 Å². The van der Waals surface area contributed by atoms with E-state index < -0.39 is 0 Å². The van der Waals surface area contributed by atoms with Crippen molar-refractivity contribution in [2.45, 2.75) is 13.5 Å². The summed E-state index contributed by atoms with van der Waals surface area (Å²) >= 11 is 3.54. The van der Waals surface area contributed by atoms with Crippen LogP contribution in [0.4, 0.5) is 11.6 Å². The number of anilines is 2. The molecule has 0 saturated carbocycles. The van der Waals surface area contributed by atoms with E-state index in [0.717, 1.165) is 10.3 Å². The second-order valence-corrected chi connectivity index (χ2v) is 5.20. The normalized spacial score (nSPS) is 9.90. The number of nitrogens with zero attached hydrogens (tertiary/aromatic N) is 4. The molecule has 0 unspecified atom stereocenters. The quantitative estimate of drug-likeness (QED) is 0.688. The van der Waals surface area contributed by atoms with Crippen molar-refractivity contribution in [2.75, 3.05) is 17.3 Å². The van der Waals surface area contributed by atoms with Gasteiger partial charge in [0.25, 0.3) is 0 Å². The van der Waals surface area contributed by atoms with E-state index in [4.69, 9.17) is 5.26 Å². The summed E-state index contributed by atoms with van der Waals surface area (Å²) < 4.78 is 1.06. The van der Waals surface area contributed by atoms with Crippen molar-refractivity contribution in [3.63, 3.8) is 0 Å². The van der Waals surface area contributed by atoms with Crippen molar-refractivity contribution in [1.82, 2.24) is 9.97 Å². The molecule has 2 rings (SSSR count). The van der Waals surface area contributed by atoms with E-state index in [9.17, 15) is 0 Å². The molecule has 0 amide bonds. The van der Waals surface area contributed by atoms with Gasteiger partial charge in [-0.25, -0.2) is 9.97 Å². The van der Waals surface area contributed by atoms with Crippen LogP contribution in [0.15, 0.2) is 34.8 Å². The maximum atomic E-state index is 8.67. The standard InChI is InChI=1S/C14H14BrN5/c1-10-18-13(17-9-16)7-14(19-10)20(2)8-11-5-3-4-6-12(11)15/h3-7H,8H2,1-2H3,(H,17,18,19). The number of aryl methyl sites for hydroxylation is 1. The Balaban J connectivity index is 2.23. The molecule has 0 radical (unpaired) electrons. The van der Waals surface area contributed by atoms with Crippen molar-refractivity contribution in [1.29, 1.82) is 5.26 Å². The number of nitrogens with one attached hydrogen (secondary N) is 1. The Morgan fingerprint density at radius 2 is 2.10 bits per heavy atom. The lowest BCUT2D eigenvalue weighted by Gasteiger charge is -2.19. The molecule has 0 aliphatic rings. The summed E-state index contributed by atoms with van der Waals surface area (Å²) in [5, 5.41) is 11.2. The molecule has 5 nitrogen and oxygen atoms in total. The van der Waals surface area contributed by atoms with Crippen LogP contribution in [0.3, 0.4) is 0 Å². The van der Waals surface area contributed by atoms with Crippen LogP contribution in [-0.2, 0) is 6.54 Å². The summed E-state index contributed by atoms with van der Waals surface area (Å²) in [6.45, 7) is 2.52. The summed E-state index contributed by atoms with van der Waals surface area (Å²) in [6, 6.07) is 9.81. The van der Waals surface area contributed by atoms with Gasteiger partial charge in [0.15, 0.2) is 6.19 Å². The molecule has 0 aliphatic carbocycles. The monoisotopic (exact) mass is 331 g/mol. The predicted molar refractivity (Wildman–Crippen MR) is 82.3 cm³/mol. The van der Waals surface area contributed by atoms with Crippen LogP contribution >= 0.6 is 15.9 Å². The molecular formula is C14H14BrN5. The molecule has 1 N–H and O–H groups in total. The predicted octanol–water partition coefficient (Wildman–Crippen LogP) is 3.08.